The first-order valence-electron chi connectivity index (χ1n) is 6.81. The Balaban J connectivity index is 2.30. The van der Waals surface area contributed by atoms with Gasteiger partial charge in [0.2, 0.25) is 0 Å². The molecule has 0 spiro atoms. The number of aromatic amines is 1. The van der Waals surface area contributed by atoms with Crippen molar-refractivity contribution in [2.24, 2.45) is 0 Å². The number of benzene rings is 1. The molecule has 1 heterocycles. The molecule has 0 aliphatic heterocycles. The highest BCUT2D eigenvalue weighted by atomic mass is 16.3. The van der Waals surface area contributed by atoms with Gasteiger partial charge in [-0.05, 0) is 24.6 Å². The summed E-state index contributed by atoms with van der Waals surface area (Å²) in [4.78, 5) is 14.1. The molecule has 1 amide bonds. The number of anilines is 1. The highest BCUT2D eigenvalue weighted by Crippen LogP contribution is 2.20. The van der Waals surface area contributed by atoms with Crippen LogP contribution in [0.25, 0.3) is 10.9 Å². The van der Waals surface area contributed by atoms with E-state index in [0.717, 1.165) is 23.7 Å². The third kappa shape index (κ3) is 2.91. The minimum absolute atomic E-state index is 0.0556. The molecule has 0 aliphatic carbocycles. The first-order chi connectivity index (χ1) is 9.67. The number of H-pyrrole nitrogens is 1. The van der Waals surface area contributed by atoms with Gasteiger partial charge in [0.05, 0.1) is 12.1 Å². The molecule has 0 aliphatic rings. The summed E-state index contributed by atoms with van der Waals surface area (Å²) < 4.78 is 0. The Morgan fingerprint density at radius 1 is 1.45 bits per heavy atom. The fraction of sp³-hybridized carbons (Fsp3) is 0.429. The molecule has 0 atom stereocenters. The second kappa shape index (κ2) is 6.38. The molecule has 6 nitrogen and oxygen atoms in total. The van der Waals surface area contributed by atoms with Crippen molar-refractivity contribution < 1.29 is 9.90 Å². The molecule has 6 heteroatoms. The van der Waals surface area contributed by atoms with E-state index >= 15 is 0 Å². The van der Waals surface area contributed by atoms with Crippen molar-refractivity contribution in [2.75, 3.05) is 25.4 Å². The van der Waals surface area contributed by atoms with E-state index in [2.05, 4.69) is 17.1 Å². The molecule has 1 aromatic heterocycles. The number of rotatable bonds is 6. The Kier molecular flexibility index (Phi) is 4.57. The van der Waals surface area contributed by atoms with Crippen molar-refractivity contribution in [1.29, 1.82) is 0 Å². The topological polar surface area (TPSA) is 95.2 Å². The van der Waals surface area contributed by atoms with Crippen LogP contribution < -0.4 is 5.73 Å². The zero-order valence-corrected chi connectivity index (χ0v) is 11.6. The van der Waals surface area contributed by atoms with Crippen LogP contribution in [-0.4, -0.2) is 45.8 Å². The Bertz CT molecular complexity index is 594. The lowest BCUT2D eigenvalue weighted by Gasteiger charge is -2.20. The molecule has 0 bridgehead atoms. The standard InChI is InChI=1S/C14H20N4O2/c1-2-3-6-18(7-8-19)14(20)13-11-9-10(15)4-5-12(11)16-17-13/h4-5,9,19H,2-3,6-8,15H2,1H3,(H,16,17). The summed E-state index contributed by atoms with van der Waals surface area (Å²) >= 11 is 0. The first-order valence-corrected chi connectivity index (χ1v) is 6.81. The first kappa shape index (κ1) is 14.3. The van der Waals surface area contributed by atoms with Gasteiger partial charge in [0.1, 0.15) is 0 Å². The Morgan fingerprint density at radius 3 is 2.95 bits per heavy atom. The maximum absolute atomic E-state index is 12.5. The van der Waals surface area contributed by atoms with Gasteiger partial charge >= 0.3 is 0 Å². The number of nitrogens with zero attached hydrogens (tertiary/aromatic N) is 2. The summed E-state index contributed by atoms with van der Waals surface area (Å²) in [6, 6.07) is 5.30. The van der Waals surface area contributed by atoms with Crippen LogP contribution in [0.2, 0.25) is 0 Å². The summed E-state index contributed by atoms with van der Waals surface area (Å²) in [5.41, 5.74) is 7.49. The summed E-state index contributed by atoms with van der Waals surface area (Å²) in [5, 5.41) is 16.7. The smallest absolute Gasteiger partial charge is 0.275 e. The van der Waals surface area contributed by atoms with Crippen LogP contribution in [0.15, 0.2) is 18.2 Å². The number of unbranched alkanes of at least 4 members (excludes halogenated alkanes) is 1. The van der Waals surface area contributed by atoms with Crippen molar-refractivity contribution in [3.63, 3.8) is 0 Å². The molecule has 0 radical (unpaired) electrons. The number of aliphatic hydroxyl groups is 1. The number of fused-ring (bicyclic) bond motifs is 1. The van der Waals surface area contributed by atoms with Crippen LogP contribution in [0.3, 0.4) is 0 Å². The zero-order chi connectivity index (χ0) is 14.5. The van der Waals surface area contributed by atoms with Crippen LogP contribution in [-0.2, 0) is 0 Å². The van der Waals surface area contributed by atoms with E-state index in [0.29, 0.717) is 24.5 Å². The third-order valence-electron chi connectivity index (χ3n) is 3.23. The zero-order valence-electron chi connectivity index (χ0n) is 11.6. The molecule has 0 fully saturated rings. The number of hydrogen-bond acceptors (Lipinski definition) is 4. The minimum atomic E-state index is -0.177. The van der Waals surface area contributed by atoms with E-state index in [1.165, 1.54) is 0 Å². The van der Waals surface area contributed by atoms with Crippen LogP contribution in [0.4, 0.5) is 5.69 Å². The molecular formula is C14H20N4O2. The number of amides is 1. The number of nitrogen functional groups attached to an aromatic ring is 1. The van der Waals surface area contributed by atoms with E-state index in [9.17, 15) is 4.79 Å². The lowest BCUT2D eigenvalue weighted by atomic mass is 10.1. The molecule has 0 saturated carbocycles. The van der Waals surface area contributed by atoms with Crippen molar-refractivity contribution >= 4 is 22.5 Å². The molecule has 1 aromatic carbocycles. The quantitative estimate of drug-likeness (QED) is 0.695. The van der Waals surface area contributed by atoms with Gasteiger partial charge in [-0.1, -0.05) is 13.3 Å². The number of aliphatic hydroxyl groups excluding tert-OH is 1. The maximum Gasteiger partial charge on any atom is 0.275 e. The number of carbonyl (C=O) groups excluding carboxylic acids is 1. The largest absolute Gasteiger partial charge is 0.399 e. The lowest BCUT2D eigenvalue weighted by molar-refractivity contribution is 0.0715. The molecule has 108 valence electrons. The van der Waals surface area contributed by atoms with E-state index in [1.807, 2.05) is 0 Å². The van der Waals surface area contributed by atoms with Gasteiger partial charge in [-0.3, -0.25) is 9.89 Å². The Hall–Kier alpha value is -2.08. The molecule has 20 heavy (non-hydrogen) atoms. The Labute approximate surface area is 117 Å². The molecule has 0 saturated heterocycles. The fourth-order valence-electron chi connectivity index (χ4n) is 2.13. The van der Waals surface area contributed by atoms with Crippen molar-refractivity contribution in [2.45, 2.75) is 19.8 Å². The van der Waals surface area contributed by atoms with Crippen LogP contribution >= 0.6 is 0 Å². The SMILES string of the molecule is CCCCN(CCO)C(=O)c1n[nH]c2ccc(N)cc12. The molecule has 2 aromatic rings. The maximum atomic E-state index is 12.5. The van der Waals surface area contributed by atoms with Gasteiger partial charge in [0, 0.05) is 24.2 Å². The van der Waals surface area contributed by atoms with Gasteiger partial charge in [0.15, 0.2) is 5.69 Å². The van der Waals surface area contributed by atoms with Crippen LogP contribution in [0.5, 0.6) is 0 Å². The second-order valence-corrected chi connectivity index (χ2v) is 4.75. The third-order valence-corrected chi connectivity index (χ3v) is 3.23. The highest BCUT2D eigenvalue weighted by Gasteiger charge is 2.20. The molecule has 2 rings (SSSR count). The highest BCUT2D eigenvalue weighted by molar-refractivity contribution is 6.05. The summed E-state index contributed by atoms with van der Waals surface area (Å²) in [6.45, 7) is 2.94. The summed E-state index contributed by atoms with van der Waals surface area (Å²) in [5.74, 6) is -0.177. The number of aromatic nitrogens is 2. The van der Waals surface area contributed by atoms with Gasteiger partial charge < -0.3 is 15.7 Å². The normalized spacial score (nSPS) is 10.9. The van der Waals surface area contributed by atoms with E-state index in [-0.39, 0.29) is 12.5 Å². The van der Waals surface area contributed by atoms with Crippen molar-refractivity contribution in [3.05, 3.63) is 23.9 Å². The van der Waals surface area contributed by atoms with Crippen LogP contribution in [0.1, 0.15) is 30.3 Å². The predicted molar refractivity (Wildman–Crippen MR) is 78.4 cm³/mol. The van der Waals surface area contributed by atoms with E-state index < -0.39 is 0 Å². The number of nitrogens with two attached hydrogens (primary N) is 1. The van der Waals surface area contributed by atoms with Gasteiger partial charge in [0.25, 0.3) is 5.91 Å². The molecule has 0 unspecified atom stereocenters. The van der Waals surface area contributed by atoms with E-state index in [4.69, 9.17) is 10.8 Å². The Morgan fingerprint density at radius 2 is 2.25 bits per heavy atom. The fourth-order valence-corrected chi connectivity index (χ4v) is 2.13. The van der Waals surface area contributed by atoms with Gasteiger partial charge in [-0.15, -0.1) is 0 Å². The number of carbonyl (C=O) groups is 1. The number of hydrogen-bond donors (Lipinski definition) is 3. The second-order valence-electron chi connectivity index (χ2n) is 4.75. The molecule has 4 N–H and O–H groups in total. The predicted octanol–water partition coefficient (Wildman–Crippen LogP) is 1.38. The van der Waals surface area contributed by atoms with Gasteiger partial charge in [-0.25, -0.2) is 0 Å². The summed E-state index contributed by atoms with van der Waals surface area (Å²) in [6.07, 6.45) is 1.89. The van der Waals surface area contributed by atoms with Gasteiger partial charge in [-0.2, -0.15) is 5.10 Å². The van der Waals surface area contributed by atoms with Crippen molar-refractivity contribution in [1.82, 2.24) is 15.1 Å². The van der Waals surface area contributed by atoms with Crippen LogP contribution in [0, 0.1) is 0 Å². The minimum Gasteiger partial charge on any atom is -0.399 e. The summed E-state index contributed by atoms with van der Waals surface area (Å²) in [7, 11) is 0. The lowest BCUT2D eigenvalue weighted by Crippen LogP contribution is -2.34. The monoisotopic (exact) mass is 276 g/mol. The van der Waals surface area contributed by atoms with Crippen molar-refractivity contribution in [3.8, 4) is 0 Å². The average molecular weight is 276 g/mol. The molecular weight excluding hydrogens is 256 g/mol. The number of nitrogens with one attached hydrogen (secondary N) is 1. The average Bonchev–Trinajstić information content (AvgIpc) is 2.85. The van der Waals surface area contributed by atoms with E-state index in [1.54, 1.807) is 23.1 Å².